The van der Waals surface area contributed by atoms with Crippen LogP contribution in [0.15, 0.2) is 42.7 Å². The minimum absolute atomic E-state index is 0. The number of unbranched alkanes of at least 4 members (excludes halogenated alkanes) is 7. The summed E-state index contributed by atoms with van der Waals surface area (Å²) in [7, 11) is 1.58. The van der Waals surface area contributed by atoms with Crippen molar-refractivity contribution in [1.82, 2.24) is 5.32 Å². The number of hydrogen-bond acceptors (Lipinski definition) is 3. The highest BCUT2D eigenvalue weighted by Crippen LogP contribution is 2.25. The van der Waals surface area contributed by atoms with Crippen LogP contribution in [-0.4, -0.2) is 19.6 Å². The van der Waals surface area contributed by atoms with Crippen LogP contribution in [0.5, 0.6) is 11.5 Å². The second-order valence-electron chi connectivity index (χ2n) is 7.90. The van der Waals surface area contributed by atoms with Crippen molar-refractivity contribution in [2.75, 3.05) is 13.7 Å². The second kappa shape index (κ2) is 16.8. The van der Waals surface area contributed by atoms with Crippen LogP contribution in [0.1, 0.15) is 81.1 Å². The number of rotatable bonds is 15. The molecule has 2 rings (SSSR count). The number of amides is 1. The Hall–Kier alpha value is -1.83. The van der Waals surface area contributed by atoms with Crippen molar-refractivity contribution in [3.63, 3.8) is 0 Å². The van der Waals surface area contributed by atoms with Crippen LogP contribution in [0.2, 0.25) is 0 Å². The Morgan fingerprint density at radius 3 is 2.22 bits per heavy atom. The van der Waals surface area contributed by atoms with Crippen molar-refractivity contribution in [3.05, 3.63) is 53.9 Å². The molecule has 5 nitrogen and oxygen atoms in total. The van der Waals surface area contributed by atoms with Gasteiger partial charge in [-0.05, 0) is 31.0 Å². The Bertz CT molecular complexity index is 781. The number of nitrogens with zero attached hydrogens (tertiary/aromatic N) is 1. The topological polar surface area (TPSA) is 51.4 Å². The maximum atomic E-state index is 12.6. The molecule has 1 N–H and O–H groups in total. The fraction of sp³-hybridized carbons (Fsp3) is 0.538. The number of benzene rings is 1. The number of methoxy groups -OCH3 is 1. The van der Waals surface area contributed by atoms with Crippen LogP contribution in [-0.2, 0) is 13.1 Å². The molecule has 32 heavy (non-hydrogen) atoms. The maximum absolute atomic E-state index is 12.6. The Morgan fingerprint density at radius 2 is 1.59 bits per heavy atom. The smallest absolute Gasteiger partial charge is 0.255 e. The summed E-state index contributed by atoms with van der Waals surface area (Å²) in [6, 6.07) is 9.45. The summed E-state index contributed by atoms with van der Waals surface area (Å²) < 4.78 is 13.4. The molecule has 6 heteroatoms. The summed E-state index contributed by atoms with van der Waals surface area (Å²) in [5.41, 5.74) is 1.57. The molecular formula is C26H39IN2O3. The third-order valence-corrected chi connectivity index (χ3v) is 5.46. The number of halogens is 1. The number of carbonyl (C=O) groups excluding carboxylic acids is 1. The van der Waals surface area contributed by atoms with E-state index in [1.54, 1.807) is 19.2 Å². The molecule has 1 amide bonds. The van der Waals surface area contributed by atoms with E-state index in [-0.39, 0.29) is 29.9 Å². The first kappa shape index (κ1) is 28.2. The van der Waals surface area contributed by atoms with E-state index in [4.69, 9.17) is 9.47 Å². The number of aryl methyl sites for hydroxylation is 1. The molecule has 0 saturated heterocycles. The molecule has 0 spiro atoms. The zero-order valence-corrected chi connectivity index (χ0v) is 22.0. The Kier molecular flexibility index (Phi) is 14.8. The molecular weight excluding hydrogens is 515 g/mol. The third-order valence-electron chi connectivity index (χ3n) is 5.46. The minimum atomic E-state index is -0.154. The van der Waals surface area contributed by atoms with Crippen LogP contribution < -0.4 is 43.3 Å². The predicted molar refractivity (Wildman–Crippen MR) is 125 cm³/mol. The van der Waals surface area contributed by atoms with Crippen molar-refractivity contribution >= 4 is 5.91 Å². The van der Waals surface area contributed by atoms with E-state index in [1.165, 1.54) is 44.9 Å². The van der Waals surface area contributed by atoms with Gasteiger partial charge in [0.05, 0.1) is 19.3 Å². The zero-order valence-electron chi connectivity index (χ0n) is 19.9. The summed E-state index contributed by atoms with van der Waals surface area (Å²) in [5.74, 6) is 1.12. The van der Waals surface area contributed by atoms with Crippen LogP contribution in [0.3, 0.4) is 0 Å². The molecule has 2 aromatic rings. The van der Waals surface area contributed by atoms with Gasteiger partial charge in [0.2, 0.25) is 0 Å². The van der Waals surface area contributed by atoms with E-state index in [0.717, 1.165) is 24.3 Å². The quantitative estimate of drug-likeness (QED) is 0.209. The van der Waals surface area contributed by atoms with Gasteiger partial charge in [0, 0.05) is 24.7 Å². The lowest BCUT2D eigenvalue weighted by Crippen LogP contribution is -3.00. The van der Waals surface area contributed by atoms with Gasteiger partial charge in [-0.3, -0.25) is 4.79 Å². The average Bonchev–Trinajstić information content (AvgIpc) is 2.81. The highest BCUT2D eigenvalue weighted by atomic mass is 127. The number of aromatic nitrogens is 1. The monoisotopic (exact) mass is 554 g/mol. The Balaban J connectivity index is 0.00000512. The summed E-state index contributed by atoms with van der Waals surface area (Å²) in [4.78, 5) is 12.6. The van der Waals surface area contributed by atoms with Gasteiger partial charge in [0.1, 0.15) is 18.0 Å². The second-order valence-corrected chi connectivity index (χ2v) is 7.90. The third kappa shape index (κ3) is 10.2. The molecule has 0 aliphatic rings. The van der Waals surface area contributed by atoms with Crippen molar-refractivity contribution in [2.45, 2.75) is 78.3 Å². The van der Waals surface area contributed by atoms with Crippen LogP contribution >= 0.6 is 0 Å². The fourth-order valence-electron chi connectivity index (χ4n) is 3.47. The summed E-state index contributed by atoms with van der Waals surface area (Å²) in [6.07, 6.45) is 14.2. The largest absolute Gasteiger partial charge is 1.00 e. The molecule has 0 atom stereocenters. The van der Waals surface area contributed by atoms with Crippen LogP contribution in [0, 0.1) is 0 Å². The van der Waals surface area contributed by atoms with E-state index < -0.39 is 0 Å². The highest BCUT2D eigenvalue weighted by molar-refractivity contribution is 5.97. The van der Waals surface area contributed by atoms with Crippen molar-refractivity contribution in [3.8, 4) is 11.5 Å². The number of pyridine rings is 1. The molecule has 178 valence electrons. The fourth-order valence-corrected chi connectivity index (χ4v) is 3.47. The Morgan fingerprint density at radius 1 is 0.938 bits per heavy atom. The first-order chi connectivity index (χ1) is 15.2. The number of hydrogen-bond donors (Lipinski definition) is 1. The van der Waals surface area contributed by atoms with Gasteiger partial charge in [0.15, 0.2) is 12.4 Å². The van der Waals surface area contributed by atoms with Gasteiger partial charge in [-0.25, -0.2) is 4.57 Å². The normalized spacial score (nSPS) is 10.3. The molecule has 1 aromatic carbocycles. The van der Waals surface area contributed by atoms with Crippen LogP contribution in [0.4, 0.5) is 0 Å². The standard InChI is InChI=1S/C26H38N2O3.HI/c1-4-6-7-8-9-10-11-12-19-31-23-13-14-24(25(20-23)30-3)26(29)27-21-22-15-17-28(5-2)18-16-22;/h13-18,20H,4-12,19,21H2,1-3H3;1H. The average molecular weight is 555 g/mol. The van der Waals surface area contributed by atoms with Crippen LogP contribution in [0.25, 0.3) is 0 Å². The molecule has 0 saturated carbocycles. The van der Waals surface area contributed by atoms with Gasteiger partial charge in [0.25, 0.3) is 5.91 Å². The summed E-state index contributed by atoms with van der Waals surface area (Å²) in [5, 5.41) is 2.96. The summed E-state index contributed by atoms with van der Waals surface area (Å²) >= 11 is 0. The lowest BCUT2D eigenvalue weighted by molar-refractivity contribution is -0.693. The minimum Gasteiger partial charge on any atom is -1.00 e. The van der Waals surface area contributed by atoms with Gasteiger partial charge < -0.3 is 38.8 Å². The van der Waals surface area contributed by atoms with E-state index >= 15 is 0 Å². The molecule has 0 aliphatic carbocycles. The van der Waals surface area contributed by atoms with Crippen molar-refractivity contribution in [1.29, 1.82) is 0 Å². The van der Waals surface area contributed by atoms with Gasteiger partial charge in [-0.1, -0.05) is 51.9 Å². The zero-order chi connectivity index (χ0) is 22.3. The van der Waals surface area contributed by atoms with Crippen molar-refractivity contribution in [2.24, 2.45) is 0 Å². The first-order valence-electron chi connectivity index (χ1n) is 11.7. The van der Waals surface area contributed by atoms with E-state index in [2.05, 4.69) is 23.7 Å². The molecule has 0 aliphatic heterocycles. The SMILES string of the molecule is CCCCCCCCCCOc1ccc(C(=O)NCc2cc[n+](CC)cc2)c(OC)c1.[I-]. The van der Waals surface area contributed by atoms with E-state index in [9.17, 15) is 4.79 Å². The lowest BCUT2D eigenvalue weighted by Gasteiger charge is -2.12. The van der Waals surface area contributed by atoms with Gasteiger partial charge in [-0.2, -0.15) is 0 Å². The first-order valence-corrected chi connectivity index (χ1v) is 11.7. The molecule has 0 fully saturated rings. The number of ether oxygens (including phenoxy) is 2. The number of carbonyl (C=O) groups is 1. The van der Waals surface area contributed by atoms with Gasteiger partial charge >= 0.3 is 0 Å². The number of nitrogens with one attached hydrogen (secondary N) is 1. The van der Waals surface area contributed by atoms with E-state index in [1.807, 2.05) is 30.6 Å². The summed E-state index contributed by atoms with van der Waals surface area (Å²) in [6.45, 7) is 6.43. The molecule has 0 unspecified atom stereocenters. The molecule has 1 heterocycles. The highest BCUT2D eigenvalue weighted by Gasteiger charge is 2.13. The maximum Gasteiger partial charge on any atom is 0.255 e. The molecule has 1 aromatic heterocycles. The molecule has 0 radical (unpaired) electrons. The lowest BCUT2D eigenvalue weighted by atomic mass is 10.1. The molecule has 0 bridgehead atoms. The van der Waals surface area contributed by atoms with Crippen molar-refractivity contribution < 1.29 is 42.8 Å². The van der Waals surface area contributed by atoms with Gasteiger partial charge in [-0.15, -0.1) is 0 Å². The Labute approximate surface area is 210 Å². The van der Waals surface area contributed by atoms with E-state index in [0.29, 0.717) is 24.5 Å². The predicted octanol–water partition coefficient (Wildman–Crippen LogP) is 2.46.